The van der Waals surface area contributed by atoms with Crippen LogP contribution in [-0.4, -0.2) is 28.5 Å². The van der Waals surface area contributed by atoms with E-state index in [9.17, 15) is 13.2 Å². The summed E-state index contributed by atoms with van der Waals surface area (Å²) < 4.78 is 43.9. The van der Waals surface area contributed by atoms with Gasteiger partial charge in [-0.25, -0.2) is 8.42 Å². The van der Waals surface area contributed by atoms with Gasteiger partial charge in [0.1, 0.15) is 17.3 Å². The first-order valence-corrected chi connectivity index (χ1v) is 11.0. The summed E-state index contributed by atoms with van der Waals surface area (Å²) in [5.74, 6) is 1.19. The van der Waals surface area contributed by atoms with Gasteiger partial charge in [-0.05, 0) is 42.5 Å². The van der Waals surface area contributed by atoms with E-state index in [2.05, 4.69) is 10.0 Å². The number of sulfonamides is 1. The molecule has 0 fully saturated rings. The second kappa shape index (κ2) is 10.1. The van der Waals surface area contributed by atoms with Crippen LogP contribution >= 0.6 is 0 Å². The Balaban J connectivity index is 1.71. The Morgan fingerprint density at radius 3 is 2.39 bits per heavy atom. The molecule has 0 unspecified atom stereocenters. The summed E-state index contributed by atoms with van der Waals surface area (Å²) in [5.41, 5.74) is 0.812. The summed E-state index contributed by atoms with van der Waals surface area (Å²) in [6.07, 6.45) is 1.29. The monoisotopic (exact) mass is 444 g/mol. The van der Waals surface area contributed by atoms with Crippen molar-refractivity contribution >= 4 is 15.9 Å². The smallest absolute Gasteiger partial charge is 0.241 e. The minimum absolute atomic E-state index is 0.0549. The van der Waals surface area contributed by atoms with Crippen molar-refractivity contribution in [1.29, 1.82) is 0 Å². The summed E-state index contributed by atoms with van der Waals surface area (Å²) in [7, 11) is -0.844. The van der Waals surface area contributed by atoms with Crippen molar-refractivity contribution < 1.29 is 27.1 Å². The lowest BCUT2D eigenvalue weighted by atomic mass is 10.1. The average Bonchev–Trinajstić information content (AvgIpc) is 3.32. The van der Waals surface area contributed by atoms with Crippen LogP contribution in [0, 0.1) is 0 Å². The normalized spacial score (nSPS) is 12.2. The molecule has 3 rings (SSSR count). The molecule has 3 aromatic rings. The van der Waals surface area contributed by atoms with Gasteiger partial charge in [-0.15, -0.1) is 0 Å². The summed E-state index contributed by atoms with van der Waals surface area (Å²) in [5, 5.41) is 2.79. The minimum Gasteiger partial charge on any atom is -0.497 e. The Hall–Kier alpha value is -3.30. The molecule has 0 radical (unpaired) electrons. The number of rotatable bonds is 10. The fourth-order valence-corrected chi connectivity index (χ4v) is 4.20. The van der Waals surface area contributed by atoms with Crippen LogP contribution in [0.15, 0.2) is 76.2 Å². The highest BCUT2D eigenvalue weighted by Crippen LogP contribution is 2.23. The third-order valence-corrected chi connectivity index (χ3v) is 6.10. The molecule has 9 heteroatoms. The molecular formula is C22H24N2O6S. The fraction of sp³-hybridized carbons (Fsp3) is 0.227. The van der Waals surface area contributed by atoms with Crippen LogP contribution in [0.4, 0.5) is 0 Å². The SMILES string of the molecule is COc1ccc(S(=O)(=O)N[C@H](CC(=O)NCc2ccccc2OC)c2ccco2)cc1. The Bertz CT molecular complexity index is 1100. The number of hydrogen-bond acceptors (Lipinski definition) is 6. The summed E-state index contributed by atoms with van der Waals surface area (Å²) in [6, 6.07) is 15.7. The van der Waals surface area contributed by atoms with Crippen molar-refractivity contribution in [3.63, 3.8) is 0 Å². The maximum Gasteiger partial charge on any atom is 0.241 e. The predicted molar refractivity (Wildman–Crippen MR) is 114 cm³/mol. The molecule has 1 aromatic heterocycles. The molecule has 0 saturated carbocycles. The molecule has 0 aliphatic rings. The van der Waals surface area contributed by atoms with E-state index < -0.39 is 16.1 Å². The van der Waals surface area contributed by atoms with Crippen molar-refractivity contribution in [2.24, 2.45) is 0 Å². The van der Waals surface area contributed by atoms with E-state index in [0.717, 1.165) is 5.56 Å². The van der Waals surface area contributed by atoms with Gasteiger partial charge in [-0.2, -0.15) is 4.72 Å². The van der Waals surface area contributed by atoms with Gasteiger partial charge in [0.15, 0.2) is 0 Å². The number of amides is 1. The lowest BCUT2D eigenvalue weighted by Gasteiger charge is -2.17. The van der Waals surface area contributed by atoms with Crippen molar-refractivity contribution in [1.82, 2.24) is 10.0 Å². The Labute approximate surface area is 181 Å². The Morgan fingerprint density at radius 1 is 1.00 bits per heavy atom. The van der Waals surface area contributed by atoms with E-state index in [4.69, 9.17) is 13.9 Å². The number of methoxy groups -OCH3 is 2. The maximum absolute atomic E-state index is 12.8. The standard InChI is InChI=1S/C22H24N2O6S/c1-28-17-9-11-18(12-10-17)31(26,27)24-19(21-8-5-13-30-21)14-22(25)23-15-16-6-3-4-7-20(16)29-2/h3-13,19,24H,14-15H2,1-2H3,(H,23,25)/t19-/m1/s1. The van der Waals surface area contributed by atoms with Gasteiger partial charge in [0, 0.05) is 12.1 Å². The van der Waals surface area contributed by atoms with Gasteiger partial charge < -0.3 is 19.2 Å². The molecule has 31 heavy (non-hydrogen) atoms. The zero-order valence-electron chi connectivity index (χ0n) is 17.2. The molecule has 2 N–H and O–H groups in total. The van der Waals surface area contributed by atoms with Crippen LogP contribution in [0.1, 0.15) is 23.8 Å². The van der Waals surface area contributed by atoms with E-state index >= 15 is 0 Å². The molecule has 0 aliphatic heterocycles. The van der Waals surface area contributed by atoms with E-state index in [1.54, 1.807) is 37.4 Å². The topological polar surface area (TPSA) is 107 Å². The van der Waals surface area contributed by atoms with Crippen molar-refractivity contribution in [2.75, 3.05) is 14.2 Å². The second-order valence-corrected chi connectivity index (χ2v) is 8.37. The number of nitrogens with one attached hydrogen (secondary N) is 2. The quantitative estimate of drug-likeness (QED) is 0.498. The number of furan rings is 1. The van der Waals surface area contributed by atoms with Crippen LogP contribution in [0.2, 0.25) is 0 Å². The van der Waals surface area contributed by atoms with Crippen molar-refractivity contribution in [3.05, 3.63) is 78.3 Å². The largest absolute Gasteiger partial charge is 0.497 e. The highest BCUT2D eigenvalue weighted by atomic mass is 32.2. The lowest BCUT2D eigenvalue weighted by molar-refractivity contribution is -0.121. The van der Waals surface area contributed by atoms with Crippen molar-refractivity contribution in [2.45, 2.75) is 23.9 Å². The summed E-state index contributed by atoms with van der Waals surface area (Å²) in [6.45, 7) is 0.249. The molecule has 1 amide bonds. The highest BCUT2D eigenvalue weighted by molar-refractivity contribution is 7.89. The van der Waals surface area contributed by atoms with Gasteiger partial charge in [-0.3, -0.25) is 4.79 Å². The number of para-hydroxylation sites is 1. The number of carbonyl (C=O) groups excluding carboxylic acids is 1. The second-order valence-electron chi connectivity index (χ2n) is 6.66. The third-order valence-electron chi connectivity index (χ3n) is 4.61. The molecule has 0 bridgehead atoms. The van der Waals surface area contributed by atoms with Crippen LogP contribution in [-0.2, 0) is 21.4 Å². The number of benzene rings is 2. The Morgan fingerprint density at radius 2 is 1.74 bits per heavy atom. The highest BCUT2D eigenvalue weighted by Gasteiger charge is 2.25. The predicted octanol–water partition coefficient (Wildman–Crippen LogP) is 3.02. The van der Waals surface area contributed by atoms with Gasteiger partial charge in [0.05, 0.1) is 37.8 Å². The summed E-state index contributed by atoms with van der Waals surface area (Å²) >= 11 is 0. The van der Waals surface area contributed by atoms with Gasteiger partial charge in [0.2, 0.25) is 15.9 Å². The molecule has 1 atom stereocenters. The zero-order valence-corrected chi connectivity index (χ0v) is 18.0. The number of carbonyl (C=O) groups is 1. The molecule has 2 aromatic carbocycles. The molecule has 8 nitrogen and oxygen atoms in total. The Kier molecular flexibility index (Phi) is 7.32. The van der Waals surface area contributed by atoms with Crippen LogP contribution in [0.3, 0.4) is 0 Å². The summed E-state index contributed by atoms with van der Waals surface area (Å²) in [4.78, 5) is 12.6. The van der Waals surface area contributed by atoms with Crippen LogP contribution in [0.25, 0.3) is 0 Å². The van der Waals surface area contributed by atoms with Crippen LogP contribution in [0.5, 0.6) is 11.5 Å². The zero-order chi connectivity index (χ0) is 22.3. The first-order valence-electron chi connectivity index (χ1n) is 9.51. The molecule has 0 spiro atoms. The van der Waals surface area contributed by atoms with Gasteiger partial charge >= 0.3 is 0 Å². The van der Waals surface area contributed by atoms with Crippen molar-refractivity contribution in [3.8, 4) is 11.5 Å². The van der Waals surface area contributed by atoms with E-state index in [1.807, 2.05) is 18.2 Å². The van der Waals surface area contributed by atoms with Gasteiger partial charge in [-0.1, -0.05) is 18.2 Å². The van der Waals surface area contributed by atoms with E-state index in [-0.39, 0.29) is 23.8 Å². The molecule has 164 valence electrons. The maximum atomic E-state index is 12.8. The minimum atomic E-state index is -3.90. The first kappa shape index (κ1) is 22.4. The number of hydrogen-bond donors (Lipinski definition) is 2. The molecular weight excluding hydrogens is 420 g/mol. The molecule has 0 saturated heterocycles. The third kappa shape index (κ3) is 5.87. The molecule has 1 heterocycles. The first-order chi connectivity index (χ1) is 14.9. The number of ether oxygens (including phenoxy) is 2. The molecule has 0 aliphatic carbocycles. The van der Waals surface area contributed by atoms with E-state index in [1.165, 1.54) is 25.5 Å². The van der Waals surface area contributed by atoms with Crippen LogP contribution < -0.4 is 19.5 Å². The average molecular weight is 445 g/mol. The van der Waals surface area contributed by atoms with E-state index in [0.29, 0.717) is 17.3 Å². The van der Waals surface area contributed by atoms with Gasteiger partial charge in [0.25, 0.3) is 0 Å². The lowest BCUT2D eigenvalue weighted by Crippen LogP contribution is -2.33. The fourth-order valence-electron chi connectivity index (χ4n) is 3.00.